The topological polar surface area (TPSA) is 12.0 Å². The Bertz CT molecular complexity index is 437. The van der Waals surface area contributed by atoms with Crippen LogP contribution in [0, 0.1) is 0 Å². The van der Waals surface area contributed by atoms with Gasteiger partial charge in [-0.25, -0.2) is 0 Å². The lowest BCUT2D eigenvalue weighted by molar-refractivity contribution is 0.527. The highest BCUT2D eigenvalue weighted by Crippen LogP contribution is 2.13. The van der Waals surface area contributed by atoms with Crippen LogP contribution in [0.15, 0.2) is 36.4 Å². The Hall–Kier alpha value is -1.08. The van der Waals surface area contributed by atoms with Crippen LogP contribution in [0.1, 0.15) is 115 Å². The van der Waals surface area contributed by atoms with E-state index in [1.54, 1.807) is 0 Å². The fourth-order valence-corrected chi connectivity index (χ4v) is 3.74. The molecule has 0 aliphatic heterocycles. The Morgan fingerprint density at radius 2 is 1.07 bits per heavy atom. The second-order valence-corrected chi connectivity index (χ2v) is 8.32. The first-order valence-corrected chi connectivity index (χ1v) is 12.4. The van der Waals surface area contributed by atoms with Crippen LogP contribution in [0.4, 0.5) is 0 Å². The molecule has 1 rings (SSSR count). The number of rotatable bonds is 20. The summed E-state index contributed by atoms with van der Waals surface area (Å²) in [5.41, 5.74) is 1.28. The first-order chi connectivity index (χ1) is 13.9. The molecule has 1 nitrogen and oxygen atoms in total. The number of hydrogen-bond acceptors (Lipinski definition) is 1. The molecule has 1 aromatic carbocycles. The minimum atomic E-state index is 0.980. The first kappa shape index (κ1) is 25.0. The van der Waals surface area contributed by atoms with Crippen molar-refractivity contribution >= 4 is 6.08 Å². The fraction of sp³-hybridized carbons (Fsp3) is 0.704. The van der Waals surface area contributed by atoms with Crippen LogP contribution in [-0.2, 0) is 0 Å². The van der Waals surface area contributed by atoms with Crippen molar-refractivity contribution < 1.29 is 0 Å². The highest BCUT2D eigenvalue weighted by Gasteiger charge is 1.94. The van der Waals surface area contributed by atoms with Crippen LogP contribution in [0.5, 0.6) is 0 Å². The zero-order valence-electron chi connectivity index (χ0n) is 18.8. The van der Waals surface area contributed by atoms with E-state index in [-0.39, 0.29) is 0 Å². The Kier molecular flexibility index (Phi) is 18.4. The number of benzene rings is 1. The fourth-order valence-electron chi connectivity index (χ4n) is 3.74. The van der Waals surface area contributed by atoms with Crippen LogP contribution in [0.25, 0.3) is 6.08 Å². The van der Waals surface area contributed by atoms with E-state index < -0.39 is 0 Å². The molecule has 0 aromatic heterocycles. The van der Waals surface area contributed by atoms with Gasteiger partial charge in [0.1, 0.15) is 0 Å². The van der Waals surface area contributed by atoms with Gasteiger partial charge in [0.15, 0.2) is 0 Å². The third kappa shape index (κ3) is 17.0. The van der Waals surface area contributed by atoms with Gasteiger partial charge < -0.3 is 5.32 Å². The second-order valence-electron chi connectivity index (χ2n) is 8.32. The average Bonchev–Trinajstić information content (AvgIpc) is 2.73. The van der Waals surface area contributed by atoms with Crippen LogP contribution in [0.3, 0.4) is 0 Å². The highest BCUT2D eigenvalue weighted by molar-refractivity contribution is 5.48. The smallest absolute Gasteiger partial charge is 0.0138 e. The molecule has 1 N–H and O–H groups in total. The van der Waals surface area contributed by atoms with Crippen molar-refractivity contribution in [1.29, 1.82) is 0 Å². The predicted octanol–water partition coefficient (Wildman–Crippen LogP) is 8.55. The molecule has 0 unspecified atom stereocenters. The van der Waals surface area contributed by atoms with Crippen molar-refractivity contribution in [3.05, 3.63) is 42.0 Å². The zero-order valence-corrected chi connectivity index (χ0v) is 18.8. The van der Waals surface area contributed by atoms with Gasteiger partial charge in [0, 0.05) is 6.54 Å². The van der Waals surface area contributed by atoms with Crippen LogP contribution < -0.4 is 5.32 Å². The van der Waals surface area contributed by atoms with Crippen LogP contribution in [-0.4, -0.2) is 13.1 Å². The van der Waals surface area contributed by atoms with Crippen molar-refractivity contribution in [2.45, 2.75) is 110 Å². The van der Waals surface area contributed by atoms with Crippen molar-refractivity contribution in [2.75, 3.05) is 13.1 Å². The average molecular weight is 386 g/mol. The quantitative estimate of drug-likeness (QED) is 0.222. The maximum atomic E-state index is 3.52. The van der Waals surface area contributed by atoms with Crippen molar-refractivity contribution in [1.82, 2.24) is 5.32 Å². The summed E-state index contributed by atoms with van der Waals surface area (Å²) in [4.78, 5) is 0. The minimum absolute atomic E-state index is 0.980. The van der Waals surface area contributed by atoms with E-state index in [1.165, 1.54) is 108 Å². The van der Waals surface area contributed by atoms with Gasteiger partial charge in [-0.05, 0) is 18.5 Å². The summed E-state index contributed by atoms with van der Waals surface area (Å²) in [5.74, 6) is 0. The Labute approximate surface area is 176 Å². The van der Waals surface area contributed by atoms with E-state index in [0.717, 1.165) is 13.1 Å². The van der Waals surface area contributed by atoms with E-state index in [4.69, 9.17) is 0 Å². The normalized spacial score (nSPS) is 11.5. The highest BCUT2D eigenvalue weighted by atomic mass is 14.8. The molecular formula is C27H47N. The summed E-state index contributed by atoms with van der Waals surface area (Å²) in [7, 11) is 0. The maximum Gasteiger partial charge on any atom is 0.0138 e. The van der Waals surface area contributed by atoms with Crippen LogP contribution in [0.2, 0.25) is 0 Å². The van der Waals surface area contributed by atoms with Gasteiger partial charge in [-0.3, -0.25) is 0 Å². The van der Waals surface area contributed by atoms with E-state index in [1.807, 2.05) is 0 Å². The van der Waals surface area contributed by atoms with Gasteiger partial charge in [-0.2, -0.15) is 0 Å². The first-order valence-electron chi connectivity index (χ1n) is 12.4. The van der Waals surface area contributed by atoms with Crippen LogP contribution >= 0.6 is 0 Å². The molecule has 0 aliphatic rings. The predicted molar refractivity (Wildman–Crippen MR) is 128 cm³/mol. The lowest BCUT2D eigenvalue weighted by Crippen LogP contribution is -2.14. The molecule has 0 atom stereocenters. The number of unbranched alkanes of at least 4 members (excludes halogenated alkanes) is 15. The van der Waals surface area contributed by atoms with E-state index in [9.17, 15) is 0 Å². The van der Waals surface area contributed by atoms with Crippen molar-refractivity contribution in [3.63, 3.8) is 0 Å². The molecule has 0 heterocycles. The molecule has 0 bridgehead atoms. The lowest BCUT2D eigenvalue weighted by atomic mass is 10.0. The molecular weight excluding hydrogens is 338 g/mol. The summed E-state index contributed by atoms with van der Waals surface area (Å²) in [6.07, 6.45) is 27.4. The van der Waals surface area contributed by atoms with Gasteiger partial charge >= 0.3 is 0 Å². The molecule has 1 heteroatoms. The number of hydrogen-bond donors (Lipinski definition) is 1. The summed E-state index contributed by atoms with van der Waals surface area (Å²) in [5, 5.41) is 3.52. The Morgan fingerprint density at radius 3 is 1.57 bits per heavy atom. The van der Waals surface area contributed by atoms with E-state index in [2.05, 4.69) is 54.7 Å². The Balaban J connectivity index is 1.70. The summed E-state index contributed by atoms with van der Waals surface area (Å²) in [6.45, 7) is 4.43. The van der Waals surface area contributed by atoms with Crippen molar-refractivity contribution in [3.8, 4) is 0 Å². The monoisotopic (exact) mass is 385 g/mol. The lowest BCUT2D eigenvalue weighted by Gasteiger charge is -2.04. The van der Waals surface area contributed by atoms with Gasteiger partial charge in [-0.1, -0.05) is 146 Å². The molecule has 0 saturated carbocycles. The third-order valence-corrected chi connectivity index (χ3v) is 5.58. The SMILES string of the molecule is CCCCCCCCCCCCCCCCCCNCC=Cc1ccccc1. The molecule has 0 saturated heterocycles. The van der Waals surface area contributed by atoms with Gasteiger partial charge in [0.05, 0.1) is 0 Å². The molecule has 0 amide bonds. The zero-order chi connectivity index (χ0) is 20.0. The van der Waals surface area contributed by atoms with Gasteiger partial charge in [0.25, 0.3) is 0 Å². The molecule has 0 fully saturated rings. The van der Waals surface area contributed by atoms with E-state index in [0.29, 0.717) is 0 Å². The molecule has 0 radical (unpaired) electrons. The summed E-state index contributed by atoms with van der Waals surface area (Å²) in [6, 6.07) is 10.5. The van der Waals surface area contributed by atoms with Gasteiger partial charge in [0.2, 0.25) is 0 Å². The second kappa shape index (κ2) is 20.6. The molecule has 28 heavy (non-hydrogen) atoms. The summed E-state index contributed by atoms with van der Waals surface area (Å²) < 4.78 is 0. The van der Waals surface area contributed by atoms with Crippen molar-refractivity contribution in [2.24, 2.45) is 0 Å². The molecule has 160 valence electrons. The molecule has 1 aromatic rings. The standard InChI is InChI=1S/C27H47N/c1-2-3-4-5-6-7-8-9-10-11-12-13-14-15-16-20-25-28-26-21-24-27-22-18-17-19-23-27/h17-19,21-24,28H,2-16,20,25-26H2,1H3. The number of nitrogens with one attached hydrogen (secondary N) is 1. The molecule has 0 spiro atoms. The third-order valence-electron chi connectivity index (χ3n) is 5.58. The largest absolute Gasteiger partial charge is 0.313 e. The maximum absolute atomic E-state index is 3.52. The van der Waals surface area contributed by atoms with Gasteiger partial charge in [-0.15, -0.1) is 0 Å². The molecule has 0 aliphatic carbocycles. The summed E-state index contributed by atoms with van der Waals surface area (Å²) >= 11 is 0. The minimum Gasteiger partial charge on any atom is -0.313 e. The Morgan fingerprint density at radius 1 is 0.607 bits per heavy atom. The van der Waals surface area contributed by atoms with E-state index >= 15 is 0 Å².